The average Bonchev–Trinajstić information content (AvgIpc) is 1.98. The van der Waals surface area contributed by atoms with E-state index in [4.69, 9.17) is 0 Å². The van der Waals surface area contributed by atoms with E-state index in [1.54, 1.807) is 0 Å². The molecule has 4 heteroatoms. The molecule has 0 saturated carbocycles. The van der Waals surface area contributed by atoms with Crippen molar-refractivity contribution in [3.05, 3.63) is 0 Å². The van der Waals surface area contributed by atoms with Gasteiger partial charge in [-0.1, -0.05) is 13.8 Å². The molecular formula is C9H15NO3. The van der Waals surface area contributed by atoms with Gasteiger partial charge in [-0.3, -0.25) is 14.4 Å². The van der Waals surface area contributed by atoms with E-state index in [0.717, 1.165) is 0 Å². The number of ketones is 2. The molecule has 0 spiro atoms. The molecule has 0 saturated heterocycles. The van der Waals surface area contributed by atoms with Crippen LogP contribution in [-0.2, 0) is 14.4 Å². The molecule has 0 unspecified atom stereocenters. The van der Waals surface area contributed by atoms with E-state index in [-0.39, 0.29) is 12.2 Å². The van der Waals surface area contributed by atoms with Gasteiger partial charge in [0.1, 0.15) is 5.78 Å². The van der Waals surface area contributed by atoms with E-state index < -0.39 is 11.7 Å². The predicted octanol–water partition coefficient (Wildman–Crippen LogP) is 0.307. The Hall–Kier alpha value is -1.19. The first-order chi connectivity index (χ1) is 5.93. The lowest BCUT2D eigenvalue weighted by molar-refractivity contribution is -0.139. The van der Waals surface area contributed by atoms with Crippen LogP contribution in [0.1, 0.15) is 27.2 Å². The number of Topliss-reactive ketones (excluding diaryl/α,β-unsaturated/α-hetero) is 2. The second-order valence-electron chi connectivity index (χ2n) is 3.41. The van der Waals surface area contributed by atoms with E-state index in [1.165, 1.54) is 6.92 Å². The van der Waals surface area contributed by atoms with Gasteiger partial charge in [-0.15, -0.1) is 0 Å². The van der Waals surface area contributed by atoms with Gasteiger partial charge in [-0.05, 0) is 12.8 Å². The fraction of sp³-hybridized carbons (Fsp3) is 0.667. The third kappa shape index (κ3) is 6.02. The van der Waals surface area contributed by atoms with Crippen molar-refractivity contribution in [2.75, 3.05) is 6.54 Å². The number of rotatable bonds is 5. The highest BCUT2D eigenvalue weighted by molar-refractivity contribution is 6.39. The van der Waals surface area contributed by atoms with Crippen molar-refractivity contribution in [2.45, 2.75) is 27.2 Å². The van der Waals surface area contributed by atoms with Gasteiger partial charge >= 0.3 is 0 Å². The molecule has 0 fully saturated rings. The largest absolute Gasteiger partial charge is 0.349 e. The minimum Gasteiger partial charge on any atom is -0.349 e. The summed E-state index contributed by atoms with van der Waals surface area (Å²) >= 11 is 0. The van der Waals surface area contributed by atoms with Gasteiger partial charge in [0.2, 0.25) is 5.78 Å². The van der Waals surface area contributed by atoms with Crippen LogP contribution in [0.4, 0.5) is 0 Å². The third-order valence-corrected chi connectivity index (χ3v) is 1.33. The molecule has 0 rings (SSSR count). The molecule has 0 bridgehead atoms. The van der Waals surface area contributed by atoms with Crippen molar-refractivity contribution in [3.63, 3.8) is 0 Å². The Balaban J connectivity index is 3.83. The molecule has 0 aromatic carbocycles. The number of carbonyl (C=O) groups excluding carboxylic acids is 3. The Kier molecular flexibility index (Phi) is 4.96. The molecule has 0 aliphatic heterocycles. The van der Waals surface area contributed by atoms with Gasteiger partial charge < -0.3 is 5.32 Å². The van der Waals surface area contributed by atoms with Crippen molar-refractivity contribution in [3.8, 4) is 0 Å². The van der Waals surface area contributed by atoms with Crippen LogP contribution in [0.15, 0.2) is 0 Å². The maximum Gasteiger partial charge on any atom is 0.287 e. The van der Waals surface area contributed by atoms with Crippen LogP contribution in [0.5, 0.6) is 0 Å². The lowest BCUT2D eigenvalue weighted by Gasteiger charge is -2.05. The second-order valence-corrected chi connectivity index (χ2v) is 3.41. The lowest BCUT2D eigenvalue weighted by atomic mass is 10.2. The van der Waals surface area contributed by atoms with E-state index in [9.17, 15) is 14.4 Å². The summed E-state index contributed by atoms with van der Waals surface area (Å²) in [6.07, 6.45) is -0.302. The van der Waals surface area contributed by atoms with Crippen LogP contribution < -0.4 is 5.32 Å². The highest BCUT2D eigenvalue weighted by Gasteiger charge is 2.14. The normalized spacial score (nSPS) is 9.85. The zero-order chi connectivity index (χ0) is 10.4. The summed E-state index contributed by atoms with van der Waals surface area (Å²) in [6.45, 7) is 5.60. The first-order valence-electron chi connectivity index (χ1n) is 4.24. The molecule has 1 amide bonds. The van der Waals surface area contributed by atoms with Crippen LogP contribution in [0, 0.1) is 5.92 Å². The Morgan fingerprint density at radius 1 is 1.23 bits per heavy atom. The summed E-state index contributed by atoms with van der Waals surface area (Å²) in [4.78, 5) is 32.4. The molecule has 0 radical (unpaired) electrons. The molecule has 0 aliphatic rings. The average molecular weight is 185 g/mol. The molecule has 4 nitrogen and oxygen atoms in total. The summed E-state index contributed by atoms with van der Waals surface area (Å²) in [6, 6.07) is 0. The van der Waals surface area contributed by atoms with Crippen LogP contribution in [-0.4, -0.2) is 24.0 Å². The van der Waals surface area contributed by atoms with Crippen molar-refractivity contribution >= 4 is 17.5 Å². The summed E-state index contributed by atoms with van der Waals surface area (Å²) in [5.74, 6) is -1.31. The van der Waals surface area contributed by atoms with E-state index in [1.807, 2.05) is 13.8 Å². The fourth-order valence-electron chi connectivity index (χ4n) is 0.702. The molecule has 0 aromatic heterocycles. The standard InChI is InChI=1S/C9H15NO3/c1-6(2)5-10-9(13)8(12)4-7(3)11/h6H,4-5H2,1-3H3,(H,10,13). The Labute approximate surface area is 77.7 Å². The Bertz CT molecular complexity index is 221. The smallest absolute Gasteiger partial charge is 0.287 e. The minimum atomic E-state index is -0.663. The van der Waals surface area contributed by atoms with Gasteiger partial charge in [0, 0.05) is 6.54 Å². The summed E-state index contributed by atoms with van der Waals surface area (Å²) in [7, 11) is 0. The lowest BCUT2D eigenvalue weighted by Crippen LogP contribution is -2.34. The number of amides is 1. The Morgan fingerprint density at radius 2 is 1.77 bits per heavy atom. The number of hydrogen-bond donors (Lipinski definition) is 1. The summed E-state index contributed by atoms with van der Waals surface area (Å²) in [5.41, 5.74) is 0. The minimum absolute atomic E-state index is 0.287. The number of nitrogens with one attached hydrogen (secondary N) is 1. The van der Waals surface area contributed by atoms with E-state index in [2.05, 4.69) is 5.32 Å². The van der Waals surface area contributed by atoms with Gasteiger partial charge in [0.15, 0.2) is 0 Å². The molecule has 0 atom stereocenters. The van der Waals surface area contributed by atoms with Crippen molar-refractivity contribution in [1.82, 2.24) is 5.32 Å². The van der Waals surface area contributed by atoms with Gasteiger partial charge in [0.25, 0.3) is 5.91 Å². The molecule has 74 valence electrons. The van der Waals surface area contributed by atoms with Crippen LogP contribution in [0.2, 0.25) is 0 Å². The number of hydrogen-bond acceptors (Lipinski definition) is 3. The first-order valence-corrected chi connectivity index (χ1v) is 4.24. The molecular weight excluding hydrogens is 170 g/mol. The highest BCUT2D eigenvalue weighted by atomic mass is 16.2. The molecule has 0 aliphatic carbocycles. The summed E-state index contributed by atoms with van der Waals surface area (Å²) < 4.78 is 0. The maximum atomic E-state index is 11.0. The first kappa shape index (κ1) is 11.8. The molecule has 1 N–H and O–H groups in total. The van der Waals surface area contributed by atoms with Crippen molar-refractivity contribution in [1.29, 1.82) is 0 Å². The predicted molar refractivity (Wildman–Crippen MR) is 48.2 cm³/mol. The van der Waals surface area contributed by atoms with Crippen LogP contribution in [0.3, 0.4) is 0 Å². The number of carbonyl (C=O) groups is 3. The van der Waals surface area contributed by atoms with Crippen molar-refractivity contribution < 1.29 is 14.4 Å². The third-order valence-electron chi connectivity index (χ3n) is 1.33. The maximum absolute atomic E-state index is 11.0. The topological polar surface area (TPSA) is 63.2 Å². The molecule has 0 heterocycles. The quantitative estimate of drug-likeness (QED) is 0.495. The van der Waals surface area contributed by atoms with Gasteiger partial charge in [0.05, 0.1) is 6.42 Å². The zero-order valence-electron chi connectivity index (χ0n) is 8.22. The summed E-state index contributed by atoms with van der Waals surface area (Å²) in [5, 5.41) is 2.45. The fourth-order valence-corrected chi connectivity index (χ4v) is 0.702. The highest BCUT2D eigenvalue weighted by Crippen LogP contribution is 1.89. The van der Waals surface area contributed by atoms with Gasteiger partial charge in [-0.2, -0.15) is 0 Å². The van der Waals surface area contributed by atoms with E-state index in [0.29, 0.717) is 12.5 Å². The Morgan fingerprint density at radius 3 is 2.15 bits per heavy atom. The van der Waals surface area contributed by atoms with Gasteiger partial charge in [-0.25, -0.2) is 0 Å². The van der Waals surface area contributed by atoms with Crippen molar-refractivity contribution in [2.24, 2.45) is 5.92 Å². The van der Waals surface area contributed by atoms with Crippen LogP contribution in [0.25, 0.3) is 0 Å². The van der Waals surface area contributed by atoms with Crippen LogP contribution >= 0.6 is 0 Å². The monoisotopic (exact) mass is 185 g/mol. The molecule has 13 heavy (non-hydrogen) atoms. The van der Waals surface area contributed by atoms with E-state index >= 15 is 0 Å². The zero-order valence-corrected chi connectivity index (χ0v) is 8.22. The SMILES string of the molecule is CC(=O)CC(=O)C(=O)NCC(C)C. The second kappa shape index (κ2) is 5.45. The molecule has 0 aromatic rings.